The van der Waals surface area contributed by atoms with Crippen LogP contribution in [0.4, 0.5) is 22.7 Å². The number of hydrogen-bond acceptors (Lipinski definition) is 10. The van der Waals surface area contributed by atoms with Crippen molar-refractivity contribution in [1.82, 2.24) is 0 Å². The lowest BCUT2D eigenvalue weighted by Gasteiger charge is -2.22. The van der Waals surface area contributed by atoms with E-state index in [-0.39, 0.29) is 43.1 Å². The number of esters is 1. The summed E-state index contributed by atoms with van der Waals surface area (Å²) in [6.07, 6.45) is 6.71. The molecular weight excluding hydrogens is 761 g/mol. The molecule has 0 aromatic heterocycles. The summed E-state index contributed by atoms with van der Waals surface area (Å²) in [5, 5.41) is 0. The summed E-state index contributed by atoms with van der Waals surface area (Å²) in [5.41, 5.74) is 8.55. The van der Waals surface area contributed by atoms with E-state index >= 15 is 0 Å². The van der Waals surface area contributed by atoms with Crippen molar-refractivity contribution in [3.63, 3.8) is 0 Å². The first-order chi connectivity index (χ1) is 29.3. The van der Waals surface area contributed by atoms with Gasteiger partial charge in [0.2, 0.25) is 0 Å². The first-order valence-corrected chi connectivity index (χ1v) is 20.1. The van der Waals surface area contributed by atoms with Crippen LogP contribution >= 0.6 is 0 Å². The molecule has 0 fully saturated rings. The molecule has 0 radical (unpaired) electrons. The summed E-state index contributed by atoms with van der Waals surface area (Å²) >= 11 is 0. The Bertz CT molecular complexity index is 2580. The van der Waals surface area contributed by atoms with Crippen LogP contribution in [0.3, 0.4) is 0 Å². The molecule has 0 bridgehead atoms. The van der Waals surface area contributed by atoms with Gasteiger partial charge in [-0.3, -0.25) is 34.2 Å². The summed E-state index contributed by atoms with van der Waals surface area (Å²) in [5.74, 6) is 1.61. The number of hydrogen-bond donors (Lipinski definition) is 0. The molecule has 12 heteroatoms. The number of carbonyl (C=O) groups excluding carboxylic acids is 3. The van der Waals surface area contributed by atoms with Crippen molar-refractivity contribution in [1.29, 1.82) is 0 Å². The van der Waals surface area contributed by atoms with Gasteiger partial charge in [0, 0.05) is 55.2 Å². The zero-order chi connectivity index (χ0) is 41.3. The van der Waals surface area contributed by atoms with Crippen molar-refractivity contribution in [3.05, 3.63) is 130 Å². The zero-order valence-corrected chi connectivity index (χ0v) is 33.7. The maximum Gasteiger partial charge on any atom is 0.305 e. The number of benzene rings is 5. The largest absolute Gasteiger partial charge is 0.494 e. The minimum atomic E-state index is -0.253. The van der Waals surface area contributed by atoms with E-state index in [0.717, 1.165) is 45.6 Å². The first-order valence-electron chi connectivity index (χ1n) is 20.1. The Hall–Kier alpha value is -6.95. The predicted molar refractivity (Wildman–Crippen MR) is 228 cm³/mol. The van der Waals surface area contributed by atoms with Crippen LogP contribution in [0.5, 0.6) is 23.0 Å². The van der Waals surface area contributed by atoms with Crippen LogP contribution in [0.15, 0.2) is 101 Å². The Morgan fingerprint density at radius 1 is 0.667 bits per heavy atom. The van der Waals surface area contributed by atoms with Crippen LogP contribution in [0.25, 0.3) is 0 Å². The minimum Gasteiger partial charge on any atom is -0.494 e. The molecule has 2 atom stereocenters. The Labute approximate surface area is 348 Å². The van der Waals surface area contributed by atoms with E-state index in [1.807, 2.05) is 97.0 Å². The number of ether oxygens (including phenoxy) is 5. The summed E-state index contributed by atoms with van der Waals surface area (Å²) in [7, 11) is 2.93. The molecule has 0 unspecified atom stereocenters. The number of aliphatic imine (C=N–C) groups is 2. The second kappa shape index (κ2) is 16.4. The van der Waals surface area contributed by atoms with Crippen molar-refractivity contribution in [2.45, 2.75) is 64.3 Å². The number of amides is 2. The topological polar surface area (TPSA) is 129 Å². The molecule has 0 N–H and O–H groups in total. The standard InChI is InChI=1S/C48H44N4O8/c1-29-16-37-39(49-25-34-20-32-10-4-6-12-41(32)51(34)47(37)54)23-43(29)59-27-30-17-31(19-36(18-30)58-15-9-8-14-46(53)57-3)28-60-45-24-40-38(22-44(45)56-2)48(55)52-35(26-50-40)21-33-11-5-7-13-42(33)52/h4-7,10-13,16-19,22-26,34-35H,8-9,14-15,20-21,27-28H2,1-3H3/t34-,35-/m0/s1. The van der Waals surface area contributed by atoms with Crippen LogP contribution in [0.2, 0.25) is 0 Å². The highest BCUT2D eigenvalue weighted by molar-refractivity contribution is 6.15. The van der Waals surface area contributed by atoms with Crippen LogP contribution in [0.1, 0.15) is 67.8 Å². The fourth-order valence-corrected chi connectivity index (χ4v) is 8.35. The van der Waals surface area contributed by atoms with Gasteiger partial charge >= 0.3 is 5.97 Å². The number of unbranched alkanes of at least 4 members (excludes halogenated alkanes) is 1. The van der Waals surface area contributed by atoms with Crippen molar-refractivity contribution in [2.75, 3.05) is 30.6 Å². The molecule has 0 saturated carbocycles. The number of para-hydroxylation sites is 2. The monoisotopic (exact) mass is 804 g/mol. The number of nitrogens with zero attached hydrogens (tertiary/aromatic N) is 4. The quantitative estimate of drug-likeness (QED) is 0.0857. The summed E-state index contributed by atoms with van der Waals surface area (Å²) < 4.78 is 29.5. The second-order valence-corrected chi connectivity index (χ2v) is 15.3. The molecule has 5 aromatic rings. The SMILES string of the molecule is COC(=O)CCCCOc1cc(COc2cc3c(cc2C)C(=O)N2c4ccccc4C[C@H]2C=N3)cc(COc2cc3c(cc2OC)C(=O)N2c4ccccc4C[C@H]2C=N3)c1. The van der Waals surface area contributed by atoms with Crippen LogP contribution in [-0.4, -0.2) is 63.1 Å². The van der Waals surface area contributed by atoms with Crippen molar-refractivity contribution >= 4 is 53.0 Å². The van der Waals surface area contributed by atoms with Gasteiger partial charge in [0.05, 0.1) is 55.4 Å². The van der Waals surface area contributed by atoms with Crippen LogP contribution in [-0.2, 0) is 35.6 Å². The number of anilines is 2. The van der Waals surface area contributed by atoms with Crippen molar-refractivity contribution in [2.24, 2.45) is 9.98 Å². The van der Waals surface area contributed by atoms with E-state index in [0.29, 0.717) is 77.8 Å². The molecule has 304 valence electrons. The lowest BCUT2D eigenvalue weighted by atomic mass is 10.1. The Morgan fingerprint density at radius 2 is 1.23 bits per heavy atom. The highest BCUT2D eigenvalue weighted by Gasteiger charge is 2.38. The van der Waals surface area contributed by atoms with Gasteiger partial charge in [-0.2, -0.15) is 0 Å². The Balaban J connectivity index is 0.942. The maximum atomic E-state index is 13.9. The van der Waals surface area contributed by atoms with Crippen molar-refractivity contribution < 1.29 is 38.1 Å². The number of rotatable bonds is 13. The Morgan fingerprint density at radius 3 is 1.83 bits per heavy atom. The molecule has 4 aliphatic heterocycles. The van der Waals surface area contributed by atoms with Gasteiger partial charge in [-0.05, 0) is 90.0 Å². The van der Waals surface area contributed by atoms with Crippen LogP contribution in [0, 0.1) is 6.92 Å². The molecule has 4 aliphatic rings. The first kappa shape index (κ1) is 38.6. The van der Waals surface area contributed by atoms with E-state index in [1.54, 1.807) is 24.1 Å². The molecule has 0 spiro atoms. The van der Waals surface area contributed by atoms with E-state index in [2.05, 4.69) is 6.07 Å². The van der Waals surface area contributed by atoms with E-state index < -0.39 is 0 Å². The van der Waals surface area contributed by atoms with Gasteiger partial charge in [0.15, 0.2) is 11.5 Å². The third kappa shape index (κ3) is 7.45. The van der Waals surface area contributed by atoms with Gasteiger partial charge in [-0.25, -0.2) is 0 Å². The van der Waals surface area contributed by atoms with Gasteiger partial charge < -0.3 is 23.7 Å². The molecule has 2 amide bonds. The number of aryl methyl sites for hydroxylation is 1. The molecular formula is C48H44N4O8. The molecule has 0 saturated heterocycles. The molecule has 5 aromatic carbocycles. The van der Waals surface area contributed by atoms with E-state index in [9.17, 15) is 14.4 Å². The Kier molecular flexibility index (Phi) is 10.5. The normalized spacial score (nSPS) is 16.8. The number of fused-ring (bicyclic) bond motifs is 8. The van der Waals surface area contributed by atoms with Crippen LogP contribution < -0.4 is 28.7 Å². The third-order valence-corrected chi connectivity index (χ3v) is 11.4. The number of carbonyl (C=O) groups is 3. The fourth-order valence-electron chi connectivity index (χ4n) is 8.35. The van der Waals surface area contributed by atoms with Gasteiger partial charge in [0.25, 0.3) is 11.8 Å². The van der Waals surface area contributed by atoms with Gasteiger partial charge in [0.1, 0.15) is 24.7 Å². The highest BCUT2D eigenvalue weighted by atomic mass is 16.5. The molecule has 0 aliphatic carbocycles. The third-order valence-electron chi connectivity index (χ3n) is 11.4. The second-order valence-electron chi connectivity index (χ2n) is 15.3. The van der Waals surface area contributed by atoms with E-state index in [4.69, 9.17) is 33.7 Å². The average Bonchev–Trinajstić information content (AvgIpc) is 3.76. The molecule has 9 rings (SSSR count). The summed E-state index contributed by atoms with van der Waals surface area (Å²) in [6.45, 7) is 2.67. The average molecular weight is 805 g/mol. The van der Waals surface area contributed by atoms with Gasteiger partial charge in [-0.1, -0.05) is 36.4 Å². The summed E-state index contributed by atoms with van der Waals surface area (Å²) in [4.78, 5) is 52.6. The summed E-state index contributed by atoms with van der Waals surface area (Å²) in [6, 6.07) is 28.5. The smallest absolute Gasteiger partial charge is 0.305 e. The zero-order valence-electron chi connectivity index (χ0n) is 33.7. The fraction of sp³-hybridized carbons (Fsp3) is 0.271. The van der Waals surface area contributed by atoms with Gasteiger partial charge in [-0.15, -0.1) is 0 Å². The molecule has 60 heavy (non-hydrogen) atoms. The lowest BCUT2D eigenvalue weighted by molar-refractivity contribution is -0.140. The van der Waals surface area contributed by atoms with E-state index in [1.165, 1.54) is 7.11 Å². The van der Waals surface area contributed by atoms with Crippen molar-refractivity contribution in [3.8, 4) is 23.0 Å². The lowest BCUT2D eigenvalue weighted by Crippen LogP contribution is -2.37. The molecule has 4 heterocycles. The minimum absolute atomic E-state index is 0.0798. The predicted octanol–water partition coefficient (Wildman–Crippen LogP) is 8.46. The molecule has 12 nitrogen and oxygen atoms in total. The highest BCUT2D eigenvalue weighted by Crippen LogP contribution is 2.42. The number of methoxy groups -OCH3 is 2. The maximum absolute atomic E-state index is 13.9.